The first-order valence-electron chi connectivity index (χ1n) is 3.60. The van der Waals surface area contributed by atoms with Crippen LogP contribution in [0.25, 0.3) is 0 Å². The van der Waals surface area contributed by atoms with Crippen LogP contribution in [0.3, 0.4) is 0 Å². The lowest BCUT2D eigenvalue weighted by atomic mass is 9.71. The summed E-state index contributed by atoms with van der Waals surface area (Å²) >= 11 is 0. The lowest BCUT2D eigenvalue weighted by Crippen LogP contribution is -2.20. The molecule has 50 valence electrons. The molecule has 2 radical (unpaired) electrons. The molecule has 0 nitrogen and oxygen atoms in total. The fourth-order valence-corrected chi connectivity index (χ4v) is 1.40. The van der Waals surface area contributed by atoms with Crippen molar-refractivity contribution in [2.75, 3.05) is 0 Å². The van der Waals surface area contributed by atoms with Gasteiger partial charge in [0.1, 0.15) is 6.17 Å². The van der Waals surface area contributed by atoms with E-state index in [0.717, 1.165) is 12.8 Å². The molecule has 9 heavy (non-hydrogen) atoms. The summed E-state index contributed by atoms with van der Waals surface area (Å²) in [6.07, 6.45) is 1.81. The van der Waals surface area contributed by atoms with Gasteiger partial charge in [-0.1, -0.05) is 25.6 Å². The van der Waals surface area contributed by atoms with E-state index >= 15 is 0 Å². The van der Waals surface area contributed by atoms with E-state index in [1.54, 1.807) is 0 Å². The third kappa shape index (κ3) is 1.70. The van der Waals surface area contributed by atoms with Crippen LogP contribution in [0.2, 0.25) is 5.82 Å². The Morgan fingerprint density at radius 1 is 1.44 bits per heavy atom. The molecule has 1 aliphatic carbocycles. The summed E-state index contributed by atoms with van der Waals surface area (Å²) in [6, 6.07) is 0. The van der Waals surface area contributed by atoms with Crippen LogP contribution in [0.4, 0.5) is 4.39 Å². The predicted molar refractivity (Wildman–Crippen MR) is 37.4 cm³/mol. The maximum Gasteiger partial charge on any atom is 0.103 e. The molecule has 1 fully saturated rings. The van der Waals surface area contributed by atoms with Crippen molar-refractivity contribution in [3.05, 3.63) is 0 Å². The summed E-state index contributed by atoms with van der Waals surface area (Å²) in [4.78, 5) is 0. The van der Waals surface area contributed by atoms with E-state index < -0.39 is 6.17 Å². The second kappa shape index (κ2) is 2.72. The summed E-state index contributed by atoms with van der Waals surface area (Å²) in [6.45, 7) is 1.93. The van der Waals surface area contributed by atoms with Gasteiger partial charge in [0.15, 0.2) is 0 Å². The molecule has 2 heteroatoms. The Hall–Kier alpha value is -0.00506. The molecule has 0 bridgehead atoms. The minimum atomic E-state index is -0.593. The molecule has 0 N–H and O–H groups in total. The Bertz CT molecular complexity index is 94.9. The molecular weight excluding hydrogens is 114 g/mol. The van der Waals surface area contributed by atoms with Crippen molar-refractivity contribution >= 4 is 7.85 Å². The van der Waals surface area contributed by atoms with Gasteiger partial charge in [0.05, 0.1) is 7.85 Å². The zero-order valence-corrected chi connectivity index (χ0v) is 5.81. The van der Waals surface area contributed by atoms with Gasteiger partial charge < -0.3 is 0 Å². The van der Waals surface area contributed by atoms with Gasteiger partial charge in [0, 0.05) is 0 Å². The summed E-state index contributed by atoms with van der Waals surface area (Å²) in [5.41, 5.74) is 0. The van der Waals surface area contributed by atoms with Crippen molar-refractivity contribution in [2.24, 2.45) is 5.92 Å². The molecule has 0 aromatic rings. The second-order valence-corrected chi connectivity index (χ2v) is 3.07. The van der Waals surface area contributed by atoms with Crippen molar-refractivity contribution in [1.29, 1.82) is 0 Å². The number of hydrogen-bond acceptors (Lipinski definition) is 0. The fourth-order valence-electron chi connectivity index (χ4n) is 1.40. The van der Waals surface area contributed by atoms with E-state index in [4.69, 9.17) is 7.85 Å². The van der Waals surface area contributed by atoms with Crippen molar-refractivity contribution in [3.8, 4) is 0 Å². The lowest BCUT2D eigenvalue weighted by Gasteiger charge is -2.27. The average molecular weight is 126 g/mol. The molecule has 0 amide bonds. The highest BCUT2D eigenvalue weighted by molar-refractivity contribution is 6.11. The van der Waals surface area contributed by atoms with Gasteiger partial charge in [-0.15, -0.1) is 0 Å². The maximum atomic E-state index is 12.7. The lowest BCUT2D eigenvalue weighted by molar-refractivity contribution is 0.180. The first-order valence-corrected chi connectivity index (χ1v) is 3.60. The highest BCUT2D eigenvalue weighted by Crippen LogP contribution is 2.32. The van der Waals surface area contributed by atoms with Gasteiger partial charge in [-0.25, -0.2) is 4.39 Å². The molecule has 0 aliphatic heterocycles. The fraction of sp³-hybridized carbons (Fsp3) is 1.00. The Kier molecular flexibility index (Phi) is 2.15. The Morgan fingerprint density at radius 3 is 2.56 bits per heavy atom. The minimum absolute atomic E-state index is 0.189. The number of alkyl halides is 1. The van der Waals surface area contributed by atoms with Crippen LogP contribution < -0.4 is 0 Å². The van der Waals surface area contributed by atoms with E-state index in [1.807, 2.05) is 6.92 Å². The van der Waals surface area contributed by atoms with Gasteiger partial charge in [-0.2, -0.15) is 0 Å². The molecule has 3 atom stereocenters. The van der Waals surface area contributed by atoms with E-state index in [1.165, 1.54) is 0 Å². The van der Waals surface area contributed by atoms with Crippen LogP contribution in [-0.4, -0.2) is 14.0 Å². The summed E-state index contributed by atoms with van der Waals surface area (Å²) in [5, 5.41) is 0. The van der Waals surface area contributed by atoms with Crippen molar-refractivity contribution in [3.63, 3.8) is 0 Å². The van der Waals surface area contributed by atoms with Gasteiger partial charge in [-0.05, 0) is 12.3 Å². The minimum Gasteiger partial charge on any atom is -0.247 e. The number of halogens is 1. The van der Waals surface area contributed by atoms with E-state index in [-0.39, 0.29) is 11.7 Å². The van der Waals surface area contributed by atoms with Crippen LogP contribution in [0, 0.1) is 5.92 Å². The number of rotatable bonds is 0. The summed E-state index contributed by atoms with van der Waals surface area (Å²) < 4.78 is 12.7. The molecule has 0 spiro atoms. The summed E-state index contributed by atoms with van der Waals surface area (Å²) in [7, 11) is 5.62. The molecule has 0 aromatic heterocycles. The first-order chi connectivity index (χ1) is 4.20. The largest absolute Gasteiger partial charge is 0.247 e. The average Bonchev–Trinajstić information content (AvgIpc) is 1.80. The van der Waals surface area contributed by atoms with E-state index in [2.05, 4.69) is 0 Å². The Morgan fingerprint density at radius 2 is 2.11 bits per heavy atom. The molecule has 1 aliphatic rings. The Labute approximate surface area is 57.2 Å². The summed E-state index contributed by atoms with van der Waals surface area (Å²) in [5.74, 6) is 0.445. The van der Waals surface area contributed by atoms with Gasteiger partial charge >= 0.3 is 0 Å². The normalized spacial score (nSPS) is 44.9. The second-order valence-electron chi connectivity index (χ2n) is 3.07. The van der Waals surface area contributed by atoms with Crippen molar-refractivity contribution in [1.82, 2.24) is 0 Å². The molecule has 1 saturated carbocycles. The van der Waals surface area contributed by atoms with Crippen LogP contribution in [-0.2, 0) is 0 Å². The SMILES string of the molecule is [B]C1CCC(F)C(C)C1. The molecule has 0 aromatic carbocycles. The number of hydrogen-bond donors (Lipinski definition) is 0. The van der Waals surface area contributed by atoms with Crippen LogP contribution in [0.1, 0.15) is 26.2 Å². The third-order valence-electron chi connectivity index (χ3n) is 2.11. The van der Waals surface area contributed by atoms with Gasteiger partial charge in [0.2, 0.25) is 0 Å². The topological polar surface area (TPSA) is 0 Å². The Balaban J connectivity index is 2.35. The zero-order chi connectivity index (χ0) is 6.85. The highest BCUT2D eigenvalue weighted by atomic mass is 19.1. The monoisotopic (exact) mass is 126 g/mol. The van der Waals surface area contributed by atoms with Crippen LogP contribution >= 0.6 is 0 Å². The molecule has 0 heterocycles. The molecule has 1 rings (SSSR count). The molecular formula is C7H12BF. The van der Waals surface area contributed by atoms with Gasteiger partial charge in [-0.3, -0.25) is 0 Å². The van der Waals surface area contributed by atoms with Crippen LogP contribution in [0.5, 0.6) is 0 Å². The zero-order valence-electron chi connectivity index (χ0n) is 5.81. The maximum absolute atomic E-state index is 12.7. The van der Waals surface area contributed by atoms with E-state index in [0.29, 0.717) is 6.42 Å². The smallest absolute Gasteiger partial charge is 0.103 e. The molecule has 0 saturated heterocycles. The first kappa shape index (κ1) is 7.11. The predicted octanol–water partition coefficient (Wildman–Crippen LogP) is 2.10. The third-order valence-corrected chi connectivity index (χ3v) is 2.11. The van der Waals surface area contributed by atoms with Crippen molar-refractivity contribution < 1.29 is 4.39 Å². The highest BCUT2D eigenvalue weighted by Gasteiger charge is 2.23. The van der Waals surface area contributed by atoms with E-state index in [9.17, 15) is 4.39 Å². The van der Waals surface area contributed by atoms with Crippen LogP contribution in [0.15, 0.2) is 0 Å². The standard InChI is InChI=1S/C7H12BF/c1-5-4-6(8)2-3-7(5)9/h5-7H,2-4H2,1H3. The quantitative estimate of drug-likeness (QED) is 0.436. The molecule has 3 unspecified atom stereocenters. The van der Waals surface area contributed by atoms with Gasteiger partial charge in [0.25, 0.3) is 0 Å². The van der Waals surface area contributed by atoms with Crippen molar-refractivity contribution in [2.45, 2.75) is 38.2 Å².